The van der Waals surface area contributed by atoms with Crippen molar-refractivity contribution < 1.29 is 5.11 Å². The topological polar surface area (TPSA) is 71.2 Å². The molecule has 2 aromatic rings. The molecule has 3 rings (SSSR count). The van der Waals surface area contributed by atoms with E-state index >= 15 is 0 Å². The van der Waals surface area contributed by atoms with Gasteiger partial charge in [-0.25, -0.2) is 0 Å². The number of nitrogens with two attached hydrogens (primary N) is 1. The molecule has 19 heavy (non-hydrogen) atoms. The van der Waals surface area contributed by atoms with Gasteiger partial charge in [0.25, 0.3) is 0 Å². The Bertz CT molecular complexity index is 593. The number of nitrogen functional groups attached to an aromatic ring is 1. The van der Waals surface area contributed by atoms with E-state index in [9.17, 15) is 0 Å². The smallest absolute Gasteiger partial charge is 0.0951 e. The SMILES string of the molecule is Nc1ccc(NCC2(CCO)CC2)c2cccnc12. The van der Waals surface area contributed by atoms with E-state index in [0.29, 0.717) is 11.1 Å². The number of fused-ring (bicyclic) bond motifs is 1. The van der Waals surface area contributed by atoms with Gasteiger partial charge in [0.1, 0.15) is 0 Å². The molecule has 0 amide bonds. The van der Waals surface area contributed by atoms with Crippen molar-refractivity contribution in [1.29, 1.82) is 0 Å². The van der Waals surface area contributed by atoms with E-state index in [4.69, 9.17) is 10.8 Å². The van der Waals surface area contributed by atoms with Crippen molar-refractivity contribution in [2.45, 2.75) is 19.3 Å². The van der Waals surface area contributed by atoms with Crippen molar-refractivity contribution >= 4 is 22.3 Å². The van der Waals surface area contributed by atoms with Crippen molar-refractivity contribution in [3.05, 3.63) is 30.5 Å². The molecule has 1 aliphatic carbocycles. The summed E-state index contributed by atoms with van der Waals surface area (Å²) in [5, 5.41) is 13.6. The minimum Gasteiger partial charge on any atom is -0.397 e. The highest BCUT2D eigenvalue weighted by molar-refractivity contribution is 5.98. The van der Waals surface area contributed by atoms with Gasteiger partial charge in [0.2, 0.25) is 0 Å². The molecular formula is C15H19N3O. The van der Waals surface area contributed by atoms with Gasteiger partial charge in [0, 0.05) is 30.4 Å². The summed E-state index contributed by atoms with van der Waals surface area (Å²) < 4.78 is 0. The first-order chi connectivity index (χ1) is 9.24. The average Bonchev–Trinajstić information content (AvgIpc) is 3.19. The van der Waals surface area contributed by atoms with Crippen LogP contribution < -0.4 is 11.1 Å². The second-order valence-corrected chi connectivity index (χ2v) is 5.43. The van der Waals surface area contributed by atoms with Gasteiger partial charge in [-0.05, 0) is 48.9 Å². The highest BCUT2D eigenvalue weighted by atomic mass is 16.3. The standard InChI is InChI=1S/C15H19N3O/c16-12-3-4-13(11-2-1-8-17-14(11)12)18-10-15(5-6-15)7-9-19/h1-4,8,18-19H,5-7,9-10,16H2. The highest BCUT2D eigenvalue weighted by Crippen LogP contribution is 2.48. The number of pyridine rings is 1. The van der Waals surface area contributed by atoms with Crippen molar-refractivity contribution in [3.63, 3.8) is 0 Å². The van der Waals surface area contributed by atoms with E-state index in [1.165, 1.54) is 12.8 Å². The maximum atomic E-state index is 9.09. The highest BCUT2D eigenvalue weighted by Gasteiger charge is 2.41. The van der Waals surface area contributed by atoms with Crippen LogP contribution in [0.5, 0.6) is 0 Å². The van der Waals surface area contributed by atoms with E-state index in [-0.39, 0.29) is 6.61 Å². The van der Waals surface area contributed by atoms with E-state index in [2.05, 4.69) is 10.3 Å². The van der Waals surface area contributed by atoms with E-state index in [0.717, 1.165) is 29.6 Å². The molecule has 0 bridgehead atoms. The molecule has 4 heteroatoms. The lowest BCUT2D eigenvalue weighted by Crippen LogP contribution is -2.17. The molecule has 1 aromatic heterocycles. The molecule has 0 saturated heterocycles. The van der Waals surface area contributed by atoms with Crippen LogP contribution in [0.15, 0.2) is 30.5 Å². The van der Waals surface area contributed by atoms with Gasteiger partial charge in [-0.1, -0.05) is 0 Å². The minimum absolute atomic E-state index is 0.270. The molecule has 0 radical (unpaired) electrons. The quantitative estimate of drug-likeness (QED) is 0.719. The zero-order valence-electron chi connectivity index (χ0n) is 10.9. The fourth-order valence-electron chi connectivity index (χ4n) is 2.56. The molecule has 4 N–H and O–H groups in total. The van der Waals surface area contributed by atoms with Gasteiger partial charge < -0.3 is 16.2 Å². The first-order valence-corrected chi connectivity index (χ1v) is 6.72. The van der Waals surface area contributed by atoms with Crippen molar-refractivity contribution in [1.82, 2.24) is 4.98 Å². The number of hydrogen-bond donors (Lipinski definition) is 3. The summed E-state index contributed by atoms with van der Waals surface area (Å²) in [6.07, 6.45) is 5.04. The number of rotatable bonds is 5. The Labute approximate surface area is 112 Å². The molecule has 1 aliphatic rings. The van der Waals surface area contributed by atoms with Crippen LogP contribution >= 0.6 is 0 Å². The second kappa shape index (κ2) is 4.70. The molecule has 1 aromatic carbocycles. The minimum atomic E-state index is 0.270. The van der Waals surface area contributed by atoms with Crippen LogP contribution in [0.4, 0.5) is 11.4 Å². The number of aliphatic hydroxyl groups is 1. The molecule has 0 aliphatic heterocycles. The zero-order valence-corrected chi connectivity index (χ0v) is 10.9. The largest absolute Gasteiger partial charge is 0.397 e. The average molecular weight is 257 g/mol. The Hall–Kier alpha value is -1.81. The summed E-state index contributed by atoms with van der Waals surface area (Å²) in [6, 6.07) is 7.86. The fraction of sp³-hybridized carbons (Fsp3) is 0.400. The van der Waals surface area contributed by atoms with Gasteiger partial charge >= 0.3 is 0 Å². The van der Waals surface area contributed by atoms with Crippen LogP contribution in [-0.4, -0.2) is 23.2 Å². The van der Waals surface area contributed by atoms with Crippen molar-refractivity contribution in [2.75, 3.05) is 24.2 Å². The van der Waals surface area contributed by atoms with Crippen LogP contribution in [0.3, 0.4) is 0 Å². The summed E-state index contributed by atoms with van der Waals surface area (Å²) in [7, 11) is 0. The van der Waals surface area contributed by atoms with Gasteiger partial charge in [0.05, 0.1) is 11.2 Å². The van der Waals surface area contributed by atoms with Gasteiger partial charge in [-0.15, -0.1) is 0 Å². The lowest BCUT2D eigenvalue weighted by Gasteiger charge is -2.17. The first-order valence-electron chi connectivity index (χ1n) is 6.72. The van der Waals surface area contributed by atoms with Gasteiger partial charge in [-0.2, -0.15) is 0 Å². The van der Waals surface area contributed by atoms with E-state index in [1.807, 2.05) is 24.3 Å². The second-order valence-electron chi connectivity index (χ2n) is 5.43. The molecule has 1 heterocycles. The molecule has 0 spiro atoms. The molecule has 100 valence electrons. The molecule has 0 unspecified atom stereocenters. The van der Waals surface area contributed by atoms with E-state index in [1.54, 1.807) is 6.20 Å². The Morgan fingerprint density at radius 3 is 2.89 bits per heavy atom. The first kappa shape index (κ1) is 12.2. The zero-order chi connectivity index (χ0) is 13.3. The Kier molecular flexibility index (Phi) is 3.03. The lowest BCUT2D eigenvalue weighted by molar-refractivity contribution is 0.253. The number of aromatic nitrogens is 1. The molecule has 1 saturated carbocycles. The van der Waals surface area contributed by atoms with Crippen LogP contribution in [0.25, 0.3) is 10.9 Å². The molecule has 4 nitrogen and oxygen atoms in total. The van der Waals surface area contributed by atoms with Gasteiger partial charge in [-0.3, -0.25) is 4.98 Å². The normalized spacial score (nSPS) is 16.5. The summed E-state index contributed by atoms with van der Waals surface area (Å²) in [5.74, 6) is 0. The maximum absolute atomic E-state index is 9.09. The van der Waals surface area contributed by atoms with Crippen LogP contribution in [0.2, 0.25) is 0 Å². The van der Waals surface area contributed by atoms with Crippen molar-refractivity contribution in [3.8, 4) is 0 Å². The Balaban J connectivity index is 1.84. The molecular weight excluding hydrogens is 238 g/mol. The number of nitrogens with zero attached hydrogens (tertiary/aromatic N) is 1. The number of hydrogen-bond acceptors (Lipinski definition) is 4. The third-order valence-corrected chi connectivity index (χ3v) is 4.05. The predicted molar refractivity (Wildman–Crippen MR) is 78.0 cm³/mol. The summed E-state index contributed by atoms with van der Waals surface area (Å²) in [5.41, 5.74) is 8.86. The Morgan fingerprint density at radius 1 is 1.32 bits per heavy atom. The van der Waals surface area contributed by atoms with Crippen LogP contribution in [0, 0.1) is 5.41 Å². The summed E-state index contributed by atoms with van der Waals surface area (Å²) in [4.78, 5) is 4.33. The fourth-order valence-corrected chi connectivity index (χ4v) is 2.56. The number of anilines is 2. The molecule has 1 fully saturated rings. The van der Waals surface area contributed by atoms with Crippen LogP contribution in [-0.2, 0) is 0 Å². The number of nitrogens with one attached hydrogen (secondary N) is 1. The van der Waals surface area contributed by atoms with Crippen LogP contribution in [0.1, 0.15) is 19.3 Å². The lowest BCUT2D eigenvalue weighted by atomic mass is 10.0. The predicted octanol–water partition coefficient (Wildman–Crippen LogP) is 2.39. The summed E-state index contributed by atoms with van der Waals surface area (Å²) in [6.45, 7) is 1.17. The van der Waals surface area contributed by atoms with Gasteiger partial charge in [0.15, 0.2) is 0 Å². The Morgan fingerprint density at radius 2 is 2.16 bits per heavy atom. The number of benzene rings is 1. The maximum Gasteiger partial charge on any atom is 0.0951 e. The molecule has 0 atom stereocenters. The van der Waals surface area contributed by atoms with E-state index < -0.39 is 0 Å². The number of aliphatic hydroxyl groups excluding tert-OH is 1. The third kappa shape index (κ3) is 2.36. The monoisotopic (exact) mass is 257 g/mol. The summed E-state index contributed by atoms with van der Waals surface area (Å²) >= 11 is 0. The van der Waals surface area contributed by atoms with Crippen molar-refractivity contribution in [2.24, 2.45) is 5.41 Å². The third-order valence-electron chi connectivity index (χ3n) is 4.05.